The van der Waals surface area contributed by atoms with E-state index in [0.29, 0.717) is 0 Å². The summed E-state index contributed by atoms with van der Waals surface area (Å²) in [5.74, 6) is -1.92. The minimum absolute atomic E-state index is 0.102. The molecule has 10 heteroatoms. The lowest BCUT2D eigenvalue weighted by atomic mass is 10.0. The lowest BCUT2D eigenvalue weighted by Crippen LogP contribution is -2.44. The van der Waals surface area contributed by atoms with Crippen molar-refractivity contribution in [2.75, 3.05) is 6.61 Å². The summed E-state index contributed by atoms with van der Waals surface area (Å²) in [5, 5.41) is 14.6. The van der Waals surface area contributed by atoms with Gasteiger partial charge < -0.3 is 15.0 Å². The fourth-order valence-electron chi connectivity index (χ4n) is 3.68. The Balaban J connectivity index is 1.51. The van der Waals surface area contributed by atoms with Crippen molar-refractivity contribution >= 4 is 45.9 Å². The van der Waals surface area contributed by atoms with Crippen LogP contribution in [0.15, 0.2) is 79.0 Å². The highest BCUT2D eigenvalue weighted by atomic mass is 35.5. The highest BCUT2D eigenvalue weighted by Crippen LogP contribution is 2.21. The molecule has 4 rings (SSSR count). The third-order valence-electron chi connectivity index (χ3n) is 5.55. The zero-order chi connectivity index (χ0) is 25.7. The summed E-state index contributed by atoms with van der Waals surface area (Å²) in [6.07, 6.45) is 1.85. The van der Waals surface area contributed by atoms with Gasteiger partial charge in [0.25, 0.3) is 11.6 Å². The van der Waals surface area contributed by atoms with Gasteiger partial charge in [0, 0.05) is 41.2 Å². The SMILES string of the molecule is O=C(COC(=O)[C@@H](Cc1c[nH]c2ccccc12)NC(=O)c1ccccc1Cl)c1ccc([N+](=O)[O-])cc1. The van der Waals surface area contributed by atoms with E-state index >= 15 is 0 Å². The van der Waals surface area contributed by atoms with E-state index in [0.717, 1.165) is 16.5 Å². The molecule has 182 valence electrons. The molecule has 0 bridgehead atoms. The Bertz CT molecular complexity index is 1450. The third-order valence-corrected chi connectivity index (χ3v) is 5.88. The quantitative estimate of drug-likeness (QED) is 0.149. The van der Waals surface area contributed by atoms with E-state index in [9.17, 15) is 24.5 Å². The zero-order valence-electron chi connectivity index (χ0n) is 18.8. The van der Waals surface area contributed by atoms with E-state index in [-0.39, 0.29) is 28.3 Å². The molecule has 0 fully saturated rings. The number of non-ortho nitro benzene ring substituents is 1. The van der Waals surface area contributed by atoms with Crippen molar-refractivity contribution in [3.05, 3.63) is 111 Å². The molecule has 0 unspecified atom stereocenters. The average Bonchev–Trinajstić information content (AvgIpc) is 3.29. The molecule has 0 radical (unpaired) electrons. The van der Waals surface area contributed by atoms with E-state index in [2.05, 4.69) is 10.3 Å². The molecule has 0 aliphatic rings. The number of nitro groups is 1. The normalized spacial score (nSPS) is 11.6. The summed E-state index contributed by atoms with van der Waals surface area (Å²) in [6.45, 7) is -0.594. The number of fused-ring (bicyclic) bond motifs is 1. The van der Waals surface area contributed by atoms with Crippen molar-refractivity contribution in [3.63, 3.8) is 0 Å². The minimum Gasteiger partial charge on any atom is -0.456 e. The third kappa shape index (κ3) is 5.59. The lowest BCUT2D eigenvalue weighted by molar-refractivity contribution is -0.384. The summed E-state index contributed by atoms with van der Waals surface area (Å²) in [5.41, 5.74) is 1.82. The van der Waals surface area contributed by atoms with Crippen LogP contribution in [0, 0.1) is 10.1 Å². The van der Waals surface area contributed by atoms with Crippen LogP contribution in [0.25, 0.3) is 10.9 Å². The first-order chi connectivity index (χ1) is 17.3. The van der Waals surface area contributed by atoms with Crippen molar-refractivity contribution in [1.82, 2.24) is 10.3 Å². The van der Waals surface area contributed by atoms with Gasteiger partial charge in [0.05, 0.1) is 15.5 Å². The number of ether oxygens (including phenoxy) is 1. The van der Waals surface area contributed by atoms with Gasteiger partial charge in [0.15, 0.2) is 12.4 Å². The highest BCUT2D eigenvalue weighted by Gasteiger charge is 2.26. The average molecular weight is 506 g/mol. The number of benzene rings is 3. The van der Waals surface area contributed by atoms with Gasteiger partial charge in [-0.3, -0.25) is 19.7 Å². The molecule has 4 aromatic rings. The Morgan fingerprint density at radius 2 is 1.69 bits per heavy atom. The molecule has 0 aliphatic carbocycles. The van der Waals surface area contributed by atoms with Crippen LogP contribution >= 0.6 is 11.6 Å². The van der Waals surface area contributed by atoms with E-state index in [1.165, 1.54) is 30.3 Å². The Kier molecular flexibility index (Phi) is 7.41. The van der Waals surface area contributed by atoms with E-state index in [1.54, 1.807) is 24.4 Å². The molecule has 0 saturated heterocycles. The number of ketones is 1. The Hall–Kier alpha value is -4.50. The number of nitrogens with zero attached hydrogens (tertiary/aromatic N) is 1. The molecule has 1 amide bonds. The number of para-hydroxylation sites is 1. The predicted octanol–water partition coefficient (Wildman–Crippen LogP) is 4.50. The second kappa shape index (κ2) is 10.8. The van der Waals surface area contributed by atoms with Crippen LogP contribution < -0.4 is 5.32 Å². The van der Waals surface area contributed by atoms with Gasteiger partial charge in [-0.1, -0.05) is 41.9 Å². The maximum atomic E-state index is 13.0. The summed E-state index contributed by atoms with van der Waals surface area (Å²) in [6, 6.07) is 17.8. The monoisotopic (exact) mass is 505 g/mol. The maximum absolute atomic E-state index is 13.0. The van der Waals surface area contributed by atoms with E-state index in [4.69, 9.17) is 16.3 Å². The molecule has 1 atom stereocenters. The first-order valence-corrected chi connectivity index (χ1v) is 11.3. The highest BCUT2D eigenvalue weighted by molar-refractivity contribution is 6.33. The minimum atomic E-state index is -1.11. The van der Waals surface area contributed by atoms with E-state index in [1.807, 2.05) is 24.3 Å². The molecule has 1 aromatic heterocycles. The first-order valence-electron chi connectivity index (χ1n) is 10.9. The molecule has 0 saturated carbocycles. The number of carbonyl (C=O) groups excluding carboxylic acids is 3. The van der Waals surface area contributed by atoms with Crippen LogP contribution in [0.5, 0.6) is 0 Å². The van der Waals surface area contributed by atoms with Gasteiger partial charge >= 0.3 is 5.97 Å². The molecule has 1 heterocycles. The van der Waals surface area contributed by atoms with Crippen LogP contribution in [0.3, 0.4) is 0 Å². The topological polar surface area (TPSA) is 131 Å². The molecule has 9 nitrogen and oxygen atoms in total. The van der Waals surface area contributed by atoms with Gasteiger partial charge in [-0.05, 0) is 35.9 Å². The van der Waals surface area contributed by atoms with Crippen LogP contribution in [0.1, 0.15) is 26.3 Å². The number of Topliss-reactive ketones (excluding diaryl/α,β-unsaturated/α-hetero) is 1. The number of aromatic nitrogens is 1. The summed E-state index contributed by atoms with van der Waals surface area (Å²) < 4.78 is 5.25. The fourth-order valence-corrected chi connectivity index (χ4v) is 3.91. The fraction of sp³-hybridized carbons (Fsp3) is 0.115. The molecule has 2 N–H and O–H groups in total. The summed E-state index contributed by atoms with van der Waals surface area (Å²) >= 11 is 6.14. The van der Waals surface area contributed by atoms with Gasteiger partial charge in [-0.2, -0.15) is 0 Å². The summed E-state index contributed by atoms with van der Waals surface area (Å²) in [7, 11) is 0. The smallest absolute Gasteiger partial charge is 0.329 e. The predicted molar refractivity (Wildman–Crippen MR) is 133 cm³/mol. The van der Waals surface area contributed by atoms with Gasteiger partial charge in [0.2, 0.25) is 0 Å². The van der Waals surface area contributed by atoms with Gasteiger partial charge in [0.1, 0.15) is 6.04 Å². The number of nitro benzene ring substituents is 1. The molecule has 36 heavy (non-hydrogen) atoms. The molecule has 0 spiro atoms. The lowest BCUT2D eigenvalue weighted by Gasteiger charge is -2.18. The van der Waals surface area contributed by atoms with Crippen molar-refractivity contribution in [2.45, 2.75) is 12.5 Å². The number of amides is 1. The number of nitrogens with one attached hydrogen (secondary N) is 2. The van der Waals surface area contributed by atoms with Gasteiger partial charge in [-0.15, -0.1) is 0 Å². The number of aromatic amines is 1. The largest absolute Gasteiger partial charge is 0.456 e. The van der Waals surface area contributed by atoms with Crippen LogP contribution in [-0.4, -0.2) is 40.2 Å². The number of halogens is 1. The van der Waals surface area contributed by atoms with Gasteiger partial charge in [-0.25, -0.2) is 4.79 Å². The number of hydrogen-bond acceptors (Lipinski definition) is 6. The molecule has 3 aromatic carbocycles. The van der Waals surface area contributed by atoms with Crippen LogP contribution in [0.2, 0.25) is 5.02 Å². The Morgan fingerprint density at radius 3 is 2.42 bits per heavy atom. The standard InChI is InChI=1S/C26H20ClN3O6/c27-21-7-3-1-6-20(21)25(32)29-23(13-17-14-28-22-8-4-2-5-19(17)22)26(33)36-15-24(31)16-9-11-18(12-10-16)30(34)35/h1-12,14,23,28H,13,15H2,(H,29,32)/t23-/m1/s1. The number of hydrogen-bond donors (Lipinski definition) is 2. The Morgan fingerprint density at radius 1 is 1.00 bits per heavy atom. The van der Waals surface area contributed by atoms with Crippen molar-refractivity contribution in [3.8, 4) is 0 Å². The number of carbonyl (C=O) groups is 3. The number of rotatable bonds is 9. The van der Waals surface area contributed by atoms with Crippen molar-refractivity contribution < 1.29 is 24.0 Å². The summed E-state index contributed by atoms with van der Waals surface area (Å²) in [4.78, 5) is 51.7. The molecule has 0 aliphatic heterocycles. The van der Waals surface area contributed by atoms with Crippen molar-refractivity contribution in [1.29, 1.82) is 0 Å². The first kappa shape index (κ1) is 24.6. The maximum Gasteiger partial charge on any atom is 0.329 e. The van der Waals surface area contributed by atoms with Crippen LogP contribution in [-0.2, 0) is 16.0 Å². The molecular weight excluding hydrogens is 486 g/mol. The molecular formula is C26H20ClN3O6. The second-order valence-corrected chi connectivity index (χ2v) is 8.31. The van der Waals surface area contributed by atoms with Crippen LogP contribution in [0.4, 0.5) is 5.69 Å². The van der Waals surface area contributed by atoms with E-state index < -0.39 is 35.2 Å². The zero-order valence-corrected chi connectivity index (χ0v) is 19.5. The Labute approximate surface area is 210 Å². The van der Waals surface area contributed by atoms with Crippen molar-refractivity contribution in [2.24, 2.45) is 0 Å². The number of esters is 1. The second-order valence-electron chi connectivity index (χ2n) is 7.90. The number of H-pyrrole nitrogens is 1.